The zero-order chi connectivity index (χ0) is 20.5. The Kier molecular flexibility index (Phi) is 5.52. The first kappa shape index (κ1) is 19.8. The molecule has 0 aliphatic carbocycles. The summed E-state index contributed by atoms with van der Waals surface area (Å²) in [5.41, 5.74) is 3.22. The van der Waals surface area contributed by atoms with E-state index in [0.29, 0.717) is 28.5 Å². The molecule has 1 amide bonds. The normalized spacial score (nSPS) is 16.5. The van der Waals surface area contributed by atoms with E-state index in [1.807, 2.05) is 30.8 Å². The monoisotopic (exact) mass is 412 g/mol. The molecule has 4 rings (SSSR count). The summed E-state index contributed by atoms with van der Waals surface area (Å²) in [7, 11) is 1.79. The highest BCUT2D eigenvalue weighted by Crippen LogP contribution is 2.26. The molecule has 7 nitrogen and oxygen atoms in total. The molecule has 1 aliphatic heterocycles. The molecule has 152 valence electrons. The Balaban J connectivity index is 1.71. The van der Waals surface area contributed by atoms with E-state index in [2.05, 4.69) is 15.4 Å². The maximum atomic E-state index is 13.4. The summed E-state index contributed by atoms with van der Waals surface area (Å²) in [5, 5.41) is 9.03. The highest BCUT2D eigenvalue weighted by molar-refractivity contribution is 6.31. The van der Waals surface area contributed by atoms with Crippen molar-refractivity contribution in [2.24, 2.45) is 0 Å². The number of aryl methyl sites for hydroxylation is 1. The van der Waals surface area contributed by atoms with Crippen LogP contribution < -0.4 is 5.32 Å². The molecule has 3 aromatic rings. The Morgan fingerprint density at radius 2 is 2.21 bits per heavy atom. The van der Waals surface area contributed by atoms with Crippen molar-refractivity contribution in [2.75, 3.05) is 13.6 Å². The number of carbonyl (C=O) groups excluding carboxylic acids is 1. The van der Waals surface area contributed by atoms with Crippen LogP contribution in [0.3, 0.4) is 0 Å². The average molecular weight is 413 g/mol. The summed E-state index contributed by atoms with van der Waals surface area (Å²) in [6, 6.07) is 5.49. The number of halogens is 1. The van der Waals surface area contributed by atoms with Crippen molar-refractivity contribution in [1.29, 1.82) is 0 Å². The number of rotatable bonds is 5. The van der Waals surface area contributed by atoms with Gasteiger partial charge in [0.1, 0.15) is 11.5 Å². The summed E-state index contributed by atoms with van der Waals surface area (Å²) in [5.74, 6) is 0.520. The van der Waals surface area contributed by atoms with Gasteiger partial charge in [0.2, 0.25) is 0 Å². The summed E-state index contributed by atoms with van der Waals surface area (Å²) in [6.07, 6.45) is 3.87. The van der Waals surface area contributed by atoms with E-state index in [0.717, 1.165) is 42.7 Å². The number of benzene rings is 1. The summed E-state index contributed by atoms with van der Waals surface area (Å²) >= 11 is 6.21. The smallest absolute Gasteiger partial charge is 0.273 e. The molecule has 1 N–H and O–H groups in total. The van der Waals surface area contributed by atoms with Crippen molar-refractivity contribution in [1.82, 2.24) is 30.0 Å². The maximum Gasteiger partial charge on any atom is 0.273 e. The lowest BCUT2D eigenvalue weighted by molar-refractivity contribution is 0.0780. The molecule has 0 spiro atoms. The second-order valence-electron chi connectivity index (χ2n) is 7.47. The van der Waals surface area contributed by atoms with E-state index >= 15 is 0 Å². The fraction of sp³-hybridized carbons (Fsp3) is 0.429. The van der Waals surface area contributed by atoms with Crippen LogP contribution in [0.15, 0.2) is 24.4 Å². The van der Waals surface area contributed by atoms with Gasteiger partial charge in [-0.05, 0) is 51.4 Å². The number of aromatic nitrogens is 4. The van der Waals surface area contributed by atoms with Crippen molar-refractivity contribution in [3.05, 3.63) is 52.2 Å². The first-order valence-electron chi connectivity index (χ1n) is 9.95. The molecule has 8 heteroatoms. The van der Waals surface area contributed by atoms with Gasteiger partial charge in [0, 0.05) is 41.8 Å². The predicted octanol–water partition coefficient (Wildman–Crippen LogP) is 3.50. The second kappa shape index (κ2) is 8.08. The van der Waals surface area contributed by atoms with E-state index in [-0.39, 0.29) is 11.9 Å². The lowest BCUT2D eigenvalue weighted by Gasteiger charge is -2.19. The van der Waals surface area contributed by atoms with Gasteiger partial charge in [-0.25, -0.2) is 9.97 Å². The standard InChI is InChI=1S/C21H25ClN6O/c1-4-28-13(2)14(11-24-28)12-27(3)21(29)19-16-10-15(22)7-8-17(16)25-20(26-19)18-6-5-9-23-18/h7-8,10-11,18,23H,4-6,9,12H2,1-3H3. The van der Waals surface area contributed by atoms with Crippen LogP contribution in [0.25, 0.3) is 10.9 Å². The van der Waals surface area contributed by atoms with Crippen LogP contribution >= 0.6 is 11.6 Å². The highest BCUT2D eigenvalue weighted by Gasteiger charge is 2.25. The number of hydrogen-bond acceptors (Lipinski definition) is 5. The Morgan fingerprint density at radius 1 is 1.38 bits per heavy atom. The Hall–Kier alpha value is -2.51. The van der Waals surface area contributed by atoms with E-state index in [4.69, 9.17) is 16.6 Å². The Bertz CT molecular complexity index is 1060. The molecular weight excluding hydrogens is 388 g/mol. The SMILES string of the molecule is CCn1ncc(CN(C)C(=O)c2nc(C3CCCN3)nc3ccc(Cl)cc23)c1C. The first-order chi connectivity index (χ1) is 14.0. The minimum atomic E-state index is -0.150. The van der Waals surface area contributed by atoms with Gasteiger partial charge in [-0.1, -0.05) is 11.6 Å². The van der Waals surface area contributed by atoms with E-state index < -0.39 is 0 Å². The molecule has 2 aromatic heterocycles. The average Bonchev–Trinajstić information content (AvgIpc) is 3.37. The minimum absolute atomic E-state index is 0.0805. The largest absolute Gasteiger partial charge is 0.336 e. The molecule has 1 atom stereocenters. The lowest BCUT2D eigenvalue weighted by atomic mass is 10.1. The Morgan fingerprint density at radius 3 is 2.90 bits per heavy atom. The van der Waals surface area contributed by atoms with Crippen LogP contribution in [0.5, 0.6) is 0 Å². The van der Waals surface area contributed by atoms with Gasteiger partial charge in [0.25, 0.3) is 5.91 Å². The predicted molar refractivity (Wildman–Crippen MR) is 113 cm³/mol. The second-order valence-corrected chi connectivity index (χ2v) is 7.91. The summed E-state index contributed by atoms with van der Waals surface area (Å²) in [6.45, 7) is 6.28. The van der Waals surface area contributed by atoms with Gasteiger partial charge >= 0.3 is 0 Å². The van der Waals surface area contributed by atoms with Gasteiger partial charge in [-0.15, -0.1) is 0 Å². The molecule has 1 aromatic carbocycles. The fourth-order valence-corrected chi connectivity index (χ4v) is 3.98. The molecular formula is C21H25ClN6O. The van der Waals surface area contributed by atoms with Gasteiger partial charge in [-0.2, -0.15) is 5.10 Å². The zero-order valence-electron chi connectivity index (χ0n) is 16.9. The Labute approximate surface area is 175 Å². The third-order valence-corrected chi connectivity index (χ3v) is 5.74. The van der Waals surface area contributed by atoms with Crippen LogP contribution in [-0.4, -0.2) is 44.1 Å². The van der Waals surface area contributed by atoms with Crippen LogP contribution in [-0.2, 0) is 13.1 Å². The first-order valence-corrected chi connectivity index (χ1v) is 10.3. The van der Waals surface area contributed by atoms with Crippen molar-refractivity contribution >= 4 is 28.4 Å². The number of amides is 1. The molecule has 0 bridgehead atoms. The minimum Gasteiger partial charge on any atom is -0.336 e. The van der Waals surface area contributed by atoms with E-state index in [1.165, 1.54) is 0 Å². The molecule has 1 saturated heterocycles. The quantitative estimate of drug-likeness (QED) is 0.694. The van der Waals surface area contributed by atoms with Crippen molar-refractivity contribution < 1.29 is 4.79 Å². The fourth-order valence-electron chi connectivity index (χ4n) is 3.81. The van der Waals surface area contributed by atoms with Crippen molar-refractivity contribution in [2.45, 2.75) is 45.8 Å². The molecule has 0 saturated carbocycles. The number of nitrogens with one attached hydrogen (secondary N) is 1. The van der Waals surface area contributed by atoms with Crippen LogP contribution in [0.2, 0.25) is 5.02 Å². The third-order valence-electron chi connectivity index (χ3n) is 5.51. The van der Waals surface area contributed by atoms with Gasteiger partial charge in [-0.3, -0.25) is 9.48 Å². The summed E-state index contributed by atoms with van der Waals surface area (Å²) < 4.78 is 1.93. The molecule has 1 fully saturated rings. The topological polar surface area (TPSA) is 75.9 Å². The van der Waals surface area contributed by atoms with Crippen molar-refractivity contribution in [3.8, 4) is 0 Å². The number of fused-ring (bicyclic) bond motifs is 1. The van der Waals surface area contributed by atoms with Gasteiger partial charge in [0.05, 0.1) is 17.8 Å². The van der Waals surface area contributed by atoms with Gasteiger partial charge < -0.3 is 10.2 Å². The van der Waals surface area contributed by atoms with Crippen molar-refractivity contribution in [3.63, 3.8) is 0 Å². The lowest BCUT2D eigenvalue weighted by Crippen LogP contribution is -2.28. The zero-order valence-corrected chi connectivity index (χ0v) is 17.7. The maximum absolute atomic E-state index is 13.4. The molecule has 3 heterocycles. The molecule has 1 unspecified atom stereocenters. The summed E-state index contributed by atoms with van der Waals surface area (Å²) in [4.78, 5) is 24.4. The molecule has 29 heavy (non-hydrogen) atoms. The molecule has 0 radical (unpaired) electrons. The number of hydrogen-bond donors (Lipinski definition) is 1. The number of nitrogens with zero attached hydrogens (tertiary/aromatic N) is 5. The van der Waals surface area contributed by atoms with Crippen LogP contribution in [0, 0.1) is 6.92 Å². The highest BCUT2D eigenvalue weighted by atomic mass is 35.5. The third kappa shape index (κ3) is 3.84. The van der Waals surface area contributed by atoms with Crippen LogP contribution in [0.4, 0.5) is 0 Å². The van der Waals surface area contributed by atoms with Crippen LogP contribution in [0.1, 0.15) is 53.4 Å². The number of carbonyl (C=O) groups is 1. The molecule has 1 aliphatic rings. The van der Waals surface area contributed by atoms with E-state index in [9.17, 15) is 4.79 Å². The van der Waals surface area contributed by atoms with E-state index in [1.54, 1.807) is 24.1 Å². The van der Waals surface area contributed by atoms with Gasteiger partial charge in [0.15, 0.2) is 0 Å².